The molecular formula is C8H4BrClO2S2. The van der Waals surface area contributed by atoms with E-state index in [1.165, 1.54) is 0 Å². The molecule has 0 unspecified atom stereocenters. The first-order valence-corrected chi connectivity index (χ1v) is 7.54. The molecule has 0 aliphatic carbocycles. The van der Waals surface area contributed by atoms with Crippen molar-refractivity contribution in [3.8, 4) is 0 Å². The van der Waals surface area contributed by atoms with E-state index in [-0.39, 0.29) is 4.21 Å². The highest BCUT2D eigenvalue weighted by molar-refractivity contribution is 9.10. The molecule has 2 nitrogen and oxygen atoms in total. The number of halogens is 2. The molecule has 1 aromatic heterocycles. The van der Waals surface area contributed by atoms with Gasteiger partial charge in [-0.3, -0.25) is 0 Å². The molecule has 74 valence electrons. The number of thiophene rings is 1. The van der Waals surface area contributed by atoms with E-state index >= 15 is 0 Å². The molecule has 0 spiro atoms. The van der Waals surface area contributed by atoms with Crippen molar-refractivity contribution in [1.29, 1.82) is 0 Å². The van der Waals surface area contributed by atoms with E-state index in [2.05, 4.69) is 15.9 Å². The molecule has 0 bridgehead atoms. The fraction of sp³-hybridized carbons (Fsp3) is 0. The Hall–Kier alpha value is -0.100. The summed E-state index contributed by atoms with van der Waals surface area (Å²) in [5.74, 6) is 0. The second kappa shape index (κ2) is 3.48. The quantitative estimate of drug-likeness (QED) is 0.754. The Morgan fingerprint density at radius 1 is 1.29 bits per heavy atom. The minimum absolute atomic E-state index is 0.167. The Kier molecular flexibility index (Phi) is 2.59. The summed E-state index contributed by atoms with van der Waals surface area (Å²) in [7, 11) is 1.64. The Bertz CT molecular complexity index is 588. The average Bonchev–Trinajstić information content (AvgIpc) is 2.44. The lowest BCUT2D eigenvalue weighted by molar-refractivity contribution is 0.611. The van der Waals surface area contributed by atoms with Gasteiger partial charge in [0, 0.05) is 20.8 Å². The van der Waals surface area contributed by atoms with Crippen molar-refractivity contribution >= 4 is 57.1 Å². The number of fused-ring (bicyclic) bond motifs is 1. The predicted molar refractivity (Wildman–Crippen MR) is 62.6 cm³/mol. The molecule has 2 aromatic rings. The molecule has 0 aliphatic heterocycles. The molecule has 2 rings (SSSR count). The van der Waals surface area contributed by atoms with E-state index in [4.69, 9.17) is 10.7 Å². The zero-order chi connectivity index (χ0) is 10.3. The summed E-state index contributed by atoms with van der Waals surface area (Å²) >= 11 is 4.40. The van der Waals surface area contributed by atoms with Crippen LogP contribution in [0.1, 0.15) is 0 Å². The molecule has 0 fully saturated rings. The standard InChI is InChI=1S/C8H4BrClO2S2/c9-7-5-3-1-2-4-6(5)13-8(7)14(10,11)12/h1-4H. The van der Waals surface area contributed by atoms with Gasteiger partial charge in [0.15, 0.2) is 4.21 Å². The van der Waals surface area contributed by atoms with Gasteiger partial charge in [0.05, 0.1) is 4.47 Å². The molecule has 0 amide bonds. The molecule has 14 heavy (non-hydrogen) atoms. The Balaban J connectivity index is 2.89. The second-order valence-corrected chi connectivity index (χ2v) is 7.24. The number of hydrogen-bond donors (Lipinski definition) is 0. The molecule has 0 saturated carbocycles. The third-order valence-corrected chi connectivity index (χ3v) is 6.33. The third kappa shape index (κ3) is 1.69. The molecule has 0 radical (unpaired) electrons. The maximum Gasteiger partial charge on any atom is 0.271 e. The number of benzene rings is 1. The molecule has 1 heterocycles. The van der Waals surface area contributed by atoms with Crippen molar-refractivity contribution < 1.29 is 8.42 Å². The van der Waals surface area contributed by atoms with E-state index in [9.17, 15) is 8.42 Å². The smallest absolute Gasteiger partial charge is 0.206 e. The summed E-state index contributed by atoms with van der Waals surface area (Å²) in [6, 6.07) is 7.41. The van der Waals surface area contributed by atoms with Crippen LogP contribution in [0.3, 0.4) is 0 Å². The molecule has 0 aliphatic rings. The Labute approximate surface area is 98.1 Å². The van der Waals surface area contributed by atoms with Crippen LogP contribution in [0.2, 0.25) is 0 Å². The zero-order valence-electron chi connectivity index (χ0n) is 6.70. The number of hydrogen-bond acceptors (Lipinski definition) is 3. The summed E-state index contributed by atoms with van der Waals surface area (Å²) in [6.07, 6.45) is 0. The lowest BCUT2D eigenvalue weighted by Crippen LogP contribution is -1.85. The normalized spacial score (nSPS) is 12.1. The van der Waals surface area contributed by atoms with Crippen LogP contribution in [0.5, 0.6) is 0 Å². The minimum atomic E-state index is -3.65. The summed E-state index contributed by atoms with van der Waals surface area (Å²) in [5, 5.41) is 0.872. The lowest BCUT2D eigenvalue weighted by atomic mass is 10.3. The minimum Gasteiger partial charge on any atom is -0.206 e. The van der Waals surface area contributed by atoms with Crippen LogP contribution in [0.4, 0.5) is 0 Å². The van der Waals surface area contributed by atoms with Crippen molar-refractivity contribution in [2.24, 2.45) is 0 Å². The van der Waals surface area contributed by atoms with Crippen LogP contribution in [-0.4, -0.2) is 8.42 Å². The van der Waals surface area contributed by atoms with Crippen LogP contribution in [0, 0.1) is 0 Å². The van der Waals surface area contributed by atoms with Gasteiger partial charge in [-0.05, 0) is 22.0 Å². The largest absolute Gasteiger partial charge is 0.271 e. The first kappa shape index (κ1) is 10.4. The lowest BCUT2D eigenvalue weighted by Gasteiger charge is -1.90. The SMILES string of the molecule is O=S(=O)(Cl)c1sc2ccccc2c1Br. The summed E-state index contributed by atoms with van der Waals surface area (Å²) in [4.78, 5) is 0. The van der Waals surface area contributed by atoms with Gasteiger partial charge in [-0.15, -0.1) is 11.3 Å². The van der Waals surface area contributed by atoms with E-state index in [1.807, 2.05) is 24.3 Å². The van der Waals surface area contributed by atoms with E-state index in [1.54, 1.807) is 0 Å². The third-order valence-electron chi connectivity index (χ3n) is 1.73. The molecule has 0 N–H and O–H groups in total. The molecular weight excluding hydrogens is 308 g/mol. The second-order valence-electron chi connectivity index (χ2n) is 2.64. The van der Waals surface area contributed by atoms with Gasteiger partial charge in [-0.2, -0.15) is 0 Å². The van der Waals surface area contributed by atoms with E-state index in [0.717, 1.165) is 21.4 Å². The molecule has 6 heteroatoms. The highest BCUT2D eigenvalue weighted by Crippen LogP contribution is 2.39. The monoisotopic (exact) mass is 310 g/mol. The molecule has 1 aromatic carbocycles. The van der Waals surface area contributed by atoms with Gasteiger partial charge < -0.3 is 0 Å². The summed E-state index contributed by atoms with van der Waals surface area (Å²) in [5.41, 5.74) is 0. The van der Waals surface area contributed by atoms with Gasteiger partial charge in [-0.1, -0.05) is 18.2 Å². The van der Waals surface area contributed by atoms with Crippen molar-refractivity contribution in [1.82, 2.24) is 0 Å². The van der Waals surface area contributed by atoms with Crippen LogP contribution in [-0.2, 0) is 9.05 Å². The van der Waals surface area contributed by atoms with Gasteiger partial charge >= 0.3 is 0 Å². The highest BCUT2D eigenvalue weighted by Gasteiger charge is 2.19. The summed E-state index contributed by atoms with van der Waals surface area (Å²) < 4.78 is 24.0. The predicted octanol–water partition coefficient (Wildman–Crippen LogP) is 3.59. The first-order valence-electron chi connectivity index (χ1n) is 3.62. The van der Waals surface area contributed by atoms with Gasteiger partial charge in [0.25, 0.3) is 9.05 Å². The van der Waals surface area contributed by atoms with E-state index < -0.39 is 9.05 Å². The average molecular weight is 312 g/mol. The van der Waals surface area contributed by atoms with Crippen molar-refractivity contribution in [2.75, 3.05) is 0 Å². The highest BCUT2D eigenvalue weighted by atomic mass is 79.9. The first-order chi connectivity index (χ1) is 6.50. The number of rotatable bonds is 1. The van der Waals surface area contributed by atoms with Crippen LogP contribution >= 0.6 is 37.9 Å². The Morgan fingerprint density at radius 3 is 2.50 bits per heavy atom. The fourth-order valence-electron chi connectivity index (χ4n) is 1.15. The molecule has 0 saturated heterocycles. The topological polar surface area (TPSA) is 34.1 Å². The van der Waals surface area contributed by atoms with Crippen molar-refractivity contribution in [3.05, 3.63) is 28.7 Å². The van der Waals surface area contributed by atoms with Gasteiger partial charge in [-0.25, -0.2) is 8.42 Å². The fourth-order valence-corrected chi connectivity index (χ4v) is 5.12. The van der Waals surface area contributed by atoms with Gasteiger partial charge in [0.1, 0.15) is 0 Å². The van der Waals surface area contributed by atoms with E-state index in [0.29, 0.717) is 4.47 Å². The zero-order valence-corrected chi connectivity index (χ0v) is 10.7. The Morgan fingerprint density at radius 2 is 1.93 bits per heavy atom. The van der Waals surface area contributed by atoms with Crippen LogP contribution in [0.15, 0.2) is 32.9 Å². The van der Waals surface area contributed by atoms with Crippen molar-refractivity contribution in [3.63, 3.8) is 0 Å². The molecule has 0 atom stereocenters. The van der Waals surface area contributed by atoms with Crippen LogP contribution in [0.25, 0.3) is 10.1 Å². The maximum absolute atomic E-state index is 11.2. The van der Waals surface area contributed by atoms with Gasteiger partial charge in [0.2, 0.25) is 0 Å². The van der Waals surface area contributed by atoms with Crippen LogP contribution < -0.4 is 0 Å². The maximum atomic E-state index is 11.2. The summed E-state index contributed by atoms with van der Waals surface area (Å²) in [6.45, 7) is 0. The van der Waals surface area contributed by atoms with Crippen molar-refractivity contribution in [2.45, 2.75) is 4.21 Å².